The van der Waals surface area contributed by atoms with Crippen LogP contribution in [0.1, 0.15) is 61.2 Å². The Morgan fingerprint density at radius 2 is 1.78 bits per heavy atom. The molecule has 15 heteroatoms. The second-order valence-electron chi connectivity index (χ2n) is 15.4. The summed E-state index contributed by atoms with van der Waals surface area (Å²) < 4.78 is 24.0. The van der Waals surface area contributed by atoms with Crippen LogP contribution in [0.15, 0.2) is 78.1 Å². The van der Waals surface area contributed by atoms with Crippen LogP contribution < -0.4 is 10.9 Å². The van der Waals surface area contributed by atoms with Gasteiger partial charge in [-0.2, -0.15) is 0 Å². The number of nitrogens with one attached hydrogen (secondary N) is 1. The predicted molar refractivity (Wildman–Crippen MR) is 206 cm³/mol. The molecule has 7 rings (SSSR count). The Kier molecular flexibility index (Phi) is 10.3. The van der Waals surface area contributed by atoms with E-state index in [1.165, 1.54) is 23.2 Å². The number of carbonyl (C=O) groups is 3. The minimum absolute atomic E-state index is 0.0407. The van der Waals surface area contributed by atoms with Crippen LogP contribution in [0.5, 0.6) is 0 Å². The number of rotatable bonds is 7. The molecule has 2 aliphatic rings. The second kappa shape index (κ2) is 15.0. The number of fused-ring (bicyclic) bond motifs is 1. The number of likely N-dealkylation sites (tertiary alicyclic amines) is 2. The normalized spacial score (nSPS) is 18.7. The highest BCUT2D eigenvalue weighted by Crippen LogP contribution is 2.38. The van der Waals surface area contributed by atoms with Crippen molar-refractivity contribution in [1.29, 1.82) is 0 Å². The molecule has 5 aromatic rings. The number of hydrogen-bond donors (Lipinski definition) is 2. The molecule has 1 aromatic carbocycles. The van der Waals surface area contributed by atoms with Crippen LogP contribution in [-0.2, 0) is 23.1 Å². The van der Waals surface area contributed by atoms with Crippen LogP contribution in [-0.4, -0.2) is 89.3 Å². The zero-order valence-electron chi connectivity index (χ0n) is 31.2. The van der Waals surface area contributed by atoms with Crippen molar-refractivity contribution < 1.29 is 28.6 Å². The Morgan fingerprint density at radius 3 is 2.51 bits per heavy atom. The smallest absolute Gasteiger partial charge is 0.413 e. The molecule has 0 aliphatic carbocycles. The average Bonchev–Trinajstić information content (AvgIpc) is 3.74. The third-order valence-corrected chi connectivity index (χ3v) is 11.5. The number of amides is 3. The average molecular weight is 770 g/mol. The molecule has 2 aliphatic heterocycles. The summed E-state index contributed by atoms with van der Waals surface area (Å²) in [6, 6.07) is 15.9. The fourth-order valence-electron chi connectivity index (χ4n) is 7.48. The van der Waals surface area contributed by atoms with Crippen molar-refractivity contribution in [1.82, 2.24) is 28.9 Å². The molecule has 13 nitrogen and oxygen atoms in total. The number of benzene rings is 1. The summed E-state index contributed by atoms with van der Waals surface area (Å²) in [4.78, 5) is 66.0. The first-order chi connectivity index (χ1) is 26.2. The summed E-state index contributed by atoms with van der Waals surface area (Å²) in [7, 11) is 1.82. The van der Waals surface area contributed by atoms with Gasteiger partial charge in [0.1, 0.15) is 34.1 Å². The molecule has 288 valence electrons. The first kappa shape index (κ1) is 37.9. The van der Waals surface area contributed by atoms with Gasteiger partial charge in [0.2, 0.25) is 5.91 Å². The van der Waals surface area contributed by atoms with Crippen LogP contribution in [0.4, 0.5) is 15.0 Å². The second-order valence-corrected chi connectivity index (χ2v) is 16.5. The maximum atomic E-state index is 15.5. The summed E-state index contributed by atoms with van der Waals surface area (Å²) in [5, 5.41) is 14.6. The van der Waals surface area contributed by atoms with Crippen molar-refractivity contribution in [2.45, 2.75) is 63.7 Å². The number of aliphatic hydroxyl groups is 1. The van der Waals surface area contributed by atoms with Gasteiger partial charge < -0.3 is 24.2 Å². The van der Waals surface area contributed by atoms with E-state index >= 15 is 4.39 Å². The minimum Gasteiger partial charge on any atom is -0.444 e. The predicted octanol–water partition coefficient (Wildman–Crippen LogP) is 5.64. The Labute approximate surface area is 321 Å². The first-order valence-electron chi connectivity index (χ1n) is 18.3. The fraction of sp³-hybridized carbons (Fsp3) is 0.400. The van der Waals surface area contributed by atoms with E-state index in [9.17, 15) is 24.3 Å². The Balaban J connectivity index is 1.03. The van der Waals surface area contributed by atoms with E-state index in [-0.39, 0.29) is 47.7 Å². The third-order valence-electron chi connectivity index (χ3n) is 10.3. The van der Waals surface area contributed by atoms with Gasteiger partial charge in [0.15, 0.2) is 0 Å². The van der Waals surface area contributed by atoms with Gasteiger partial charge in [0.05, 0.1) is 17.5 Å². The van der Waals surface area contributed by atoms with E-state index in [1.54, 1.807) is 59.5 Å². The molecule has 2 N–H and O–H groups in total. The number of hydrogen-bond acceptors (Lipinski definition) is 9. The zero-order valence-corrected chi connectivity index (χ0v) is 32.0. The highest BCUT2D eigenvalue weighted by Gasteiger charge is 2.42. The minimum atomic E-state index is -1.19. The number of aryl methyl sites for hydroxylation is 1. The van der Waals surface area contributed by atoms with Gasteiger partial charge in [0.25, 0.3) is 11.5 Å². The van der Waals surface area contributed by atoms with Crippen LogP contribution in [0, 0.1) is 11.7 Å². The summed E-state index contributed by atoms with van der Waals surface area (Å²) in [6.07, 6.45) is 5.02. The largest absolute Gasteiger partial charge is 0.444 e. The lowest BCUT2D eigenvalue weighted by Gasteiger charge is -2.43. The topological polar surface area (TPSA) is 152 Å². The van der Waals surface area contributed by atoms with Gasteiger partial charge in [-0.1, -0.05) is 30.3 Å². The summed E-state index contributed by atoms with van der Waals surface area (Å²) in [5.41, 5.74) is -0.0439. The zero-order chi connectivity index (χ0) is 39.1. The molecule has 0 spiro atoms. The first-order valence-corrected chi connectivity index (χ1v) is 19.1. The van der Waals surface area contributed by atoms with Gasteiger partial charge in [-0.25, -0.2) is 19.2 Å². The molecule has 55 heavy (non-hydrogen) atoms. The number of halogens is 1. The van der Waals surface area contributed by atoms with E-state index < -0.39 is 34.9 Å². The van der Waals surface area contributed by atoms with E-state index in [4.69, 9.17) is 4.74 Å². The molecule has 2 saturated heterocycles. The number of carbonyl (C=O) groups excluding carboxylic acids is 3. The number of aromatic nitrogens is 4. The summed E-state index contributed by atoms with van der Waals surface area (Å²) in [6.45, 7) is 6.45. The number of thiophene rings is 1. The standard InChI is InChI=1S/C40H44FN7O6S/c1-39(2,3)54-38(52)44-32-20-26(10-15-42-32)31-21-30(41)33(55-31)37(51)47-17-12-27(29(22-47)25-8-6-5-7-9-25)35(49)46-18-13-40(53,14-19-46)23-48-24-43-34-28(36(48)50)11-16-45(34)4/h5-11,15-16,20-21,24,27,29,53H,12-14,17-19,22-23H2,1-4H3,(H,42,44,52)/t27-,29+/m1/s1. The lowest BCUT2D eigenvalue weighted by Crippen LogP contribution is -2.53. The third kappa shape index (κ3) is 8.17. The molecule has 0 bridgehead atoms. The molecular formula is C40H44FN7O6S. The van der Waals surface area contributed by atoms with Crippen LogP contribution in [0.25, 0.3) is 21.5 Å². The molecule has 6 heterocycles. The van der Waals surface area contributed by atoms with Crippen molar-refractivity contribution >= 4 is 46.1 Å². The molecule has 0 saturated carbocycles. The SMILES string of the molecule is Cn1ccc2c(=O)n(CC3(O)CCN(C(=O)[C@@H]4CCN(C(=O)c5sc(-c6ccnc(NC(=O)OC(C)(C)C)c6)cc5F)C[C@H]4c4ccccc4)CC3)cnc21. The maximum absolute atomic E-state index is 15.5. The van der Waals surface area contributed by atoms with Gasteiger partial charge >= 0.3 is 6.09 Å². The van der Waals surface area contributed by atoms with E-state index in [0.29, 0.717) is 53.8 Å². The summed E-state index contributed by atoms with van der Waals surface area (Å²) >= 11 is 1.02. The van der Waals surface area contributed by atoms with Crippen LogP contribution in [0.2, 0.25) is 0 Å². The van der Waals surface area contributed by atoms with Gasteiger partial charge in [-0.05, 0) is 75.4 Å². The number of nitrogens with zero attached hydrogens (tertiary/aromatic N) is 6. The number of pyridine rings is 1. The Bertz CT molecular complexity index is 2290. The Morgan fingerprint density at radius 1 is 1.04 bits per heavy atom. The highest BCUT2D eigenvalue weighted by atomic mass is 32.1. The maximum Gasteiger partial charge on any atom is 0.413 e. The number of ether oxygens (including phenoxy) is 1. The highest BCUT2D eigenvalue weighted by molar-refractivity contribution is 7.17. The van der Waals surface area contributed by atoms with E-state index in [0.717, 1.165) is 16.9 Å². The van der Waals surface area contributed by atoms with Crippen molar-refractivity contribution in [3.05, 3.63) is 99.9 Å². The Hall–Kier alpha value is -5.41. The number of piperidine rings is 2. The van der Waals surface area contributed by atoms with Gasteiger partial charge in [-0.15, -0.1) is 11.3 Å². The fourth-order valence-corrected chi connectivity index (χ4v) is 8.48. The van der Waals surface area contributed by atoms with Crippen molar-refractivity contribution in [3.8, 4) is 10.4 Å². The van der Waals surface area contributed by atoms with Crippen molar-refractivity contribution in [2.24, 2.45) is 13.0 Å². The lowest BCUT2D eigenvalue weighted by molar-refractivity contribution is -0.142. The van der Waals surface area contributed by atoms with Crippen molar-refractivity contribution in [3.63, 3.8) is 0 Å². The van der Waals surface area contributed by atoms with Crippen LogP contribution in [0.3, 0.4) is 0 Å². The lowest BCUT2D eigenvalue weighted by atomic mass is 9.79. The molecule has 4 aromatic heterocycles. The van der Waals surface area contributed by atoms with Crippen molar-refractivity contribution in [2.75, 3.05) is 31.5 Å². The van der Waals surface area contributed by atoms with Crippen LogP contribution >= 0.6 is 11.3 Å². The quantitative estimate of drug-likeness (QED) is 0.216. The molecule has 0 radical (unpaired) electrons. The molecule has 2 atom stereocenters. The monoisotopic (exact) mass is 769 g/mol. The molecule has 2 fully saturated rings. The number of anilines is 1. The summed E-state index contributed by atoms with van der Waals surface area (Å²) in [5.74, 6) is -1.70. The van der Waals surface area contributed by atoms with E-state index in [1.807, 2.05) is 37.4 Å². The van der Waals surface area contributed by atoms with Gasteiger partial charge in [-0.3, -0.25) is 24.3 Å². The van der Waals surface area contributed by atoms with Gasteiger partial charge in [0, 0.05) is 62.3 Å². The molecule has 3 amide bonds. The molecule has 0 unspecified atom stereocenters. The molecular weight excluding hydrogens is 726 g/mol. The van der Waals surface area contributed by atoms with E-state index in [2.05, 4.69) is 15.3 Å².